The Morgan fingerprint density at radius 1 is 1.00 bits per heavy atom. The second kappa shape index (κ2) is 14.6. The lowest BCUT2D eigenvalue weighted by molar-refractivity contribution is -0.143. The van der Waals surface area contributed by atoms with Crippen molar-refractivity contribution in [2.24, 2.45) is 5.73 Å². The number of benzene rings is 1. The number of hydrogen-bond donors (Lipinski definition) is 3. The summed E-state index contributed by atoms with van der Waals surface area (Å²) in [6, 6.07) is 3.65. The molecule has 0 heterocycles. The van der Waals surface area contributed by atoms with Crippen LogP contribution in [0.5, 0.6) is 0 Å². The number of aryl methyl sites for hydroxylation is 2. The van der Waals surface area contributed by atoms with Crippen LogP contribution in [0.25, 0.3) is 0 Å². The highest BCUT2D eigenvalue weighted by Gasteiger charge is 2.37. The van der Waals surface area contributed by atoms with Crippen LogP contribution in [0, 0.1) is 13.8 Å². The SMILES string of the molecule is CCCC(C)NC(=O)C(c1c(C)cccc1C)N(CCC)C(=O)C(CCC(N)=O)NC(=O)OC(C)(C)C. The molecule has 0 aliphatic rings. The van der Waals surface area contributed by atoms with E-state index in [4.69, 9.17) is 10.5 Å². The number of alkyl carbamates (subject to hydrolysis) is 1. The van der Waals surface area contributed by atoms with Gasteiger partial charge in [-0.05, 0) is 77.5 Å². The Kier molecular flexibility index (Phi) is 12.6. The molecule has 0 saturated carbocycles. The highest BCUT2D eigenvalue weighted by Crippen LogP contribution is 2.29. The Balaban J connectivity index is 3.54. The molecule has 9 nitrogen and oxygen atoms in total. The average molecular weight is 519 g/mol. The zero-order chi connectivity index (χ0) is 28.3. The first kappa shape index (κ1) is 31.9. The Labute approximate surface area is 221 Å². The minimum absolute atomic E-state index is 0.0129. The number of nitrogens with one attached hydrogen (secondary N) is 2. The van der Waals surface area contributed by atoms with E-state index < -0.39 is 35.6 Å². The quantitative estimate of drug-likeness (QED) is 0.363. The Hall–Kier alpha value is -3.10. The van der Waals surface area contributed by atoms with E-state index in [9.17, 15) is 19.2 Å². The van der Waals surface area contributed by atoms with Gasteiger partial charge in [0.1, 0.15) is 17.7 Å². The molecule has 0 aliphatic carbocycles. The first-order valence-corrected chi connectivity index (χ1v) is 13.2. The minimum Gasteiger partial charge on any atom is -0.444 e. The van der Waals surface area contributed by atoms with Crippen LogP contribution >= 0.6 is 0 Å². The van der Waals surface area contributed by atoms with Crippen molar-refractivity contribution in [2.75, 3.05) is 6.54 Å². The third-order valence-electron chi connectivity index (χ3n) is 5.90. The van der Waals surface area contributed by atoms with E-state index in [1.54, 1.807) is 20.8 Å². The van der Waals surface area contributed by atoms with Crippen LogP contribution in [0.4, 0.5) is 4.79 Å². The van der Waals surface area contributed by atoms with Crippen molar-refractivity contribution >= 4 is 23.8 Å². The maximum absolute atomic E-state index is 14.0. The number of carbonyl (C=O) groups is 4. The standard InChI is InChI=1S/C28H46N4O5/c1-9-12-20(5)30-25(34)24(23-18(3)13-11-14-19(23)4)32(17-10-2)26(35)21(15-16-22(29)33)31-27(36)37-28(6,7)8/h11,13-14,20-21,24H,9-10,12,15-17H2,1-8H3,(H2,29,33)(H,30,34)(H,31,36). The molecule has 208 valence electrons. The number of nitrogens with two attached hydrogens (primary N) is 1. The second-order valence-corrected chi connectivity index (χ2v) is 10.6. The first-order chi connectivity index (χ1) is 17.2. The molecule has 1 rings (SSSR count). The van der Waals surface area contributed by atoms with E-state index >= 15 is 0 Å². The Morgan fingerprint density at radius 2 is 1.59 bits per heavy atom. The number of nitrogens with zero attached hydrogens (tertiary/aromatic N) is 1. The Bertz CT molecular complexity index is 921. The van der Waals surface area contributed by atoms with Gasteiger partial charge in [0.25, 0.3) is 0 Å². The molecule has 37 heavy (non-hydrogen) atoms. The maximum Gasteiger partial charge on any atom is 0.408 e. The van der Waals surface area contributed by atoms with Crippen LogP contribution in [0.3, 0.4) is 0 Å². The van der Waals surface area contributed by atoms with Gasteiger partial charge in [0.05, 0.1) is 0 Å². The summed E-state index contributed by atoms with van der Waals surface area (Å²) in [5, 5.41) is 5.68. The minimum atomic E-state index is -1.10. The number of ether oxygens (including phenoxy) is 1. The first-order valence-electron chi connectivity index (χ1n) is 13.2. The third-order valence-corrected chi connectivity index (χ3v) is 5.90. The lowest BCUT2D eigenvalue weighted by atomic mass is 9.93. The van der Waals surface area contributed by atoms with Crippen molar-refractivity contribution < 1.29 is 23.9 Å². The van der Waals surface area contributed by atoms with Crippen LogP contribution < -0.4 is 16.4 Å². The molecule has 0 spiro atoms. The molecule has 3 atom stereocenters. The van der Waals surface area contributed by atoms with Crippen molar-refractivity contribution in [3.05, 3.63) is 34.9 Å². The van der Waals surface area contributed by atoms with E-state index in [2.05, 4.69) is 10.6 Å². The Morgan fingerprint density at radius 3 is 2.08 bits per heavy atom. The second-order valence-electron chi connectivity index (χ2n) is 10.6. The fourth-order valence-electron chi connectivity index (χ4n) is 4.32. The molecule has 0 aliphatic heterocycles. The molecule has 9 heteroatoms. The fraction of sp³-hybridized carbons (Fsp3) is 0.643. The molecule has 4 amide bonds. The molecular formula is C28H46N4O5. The fourth-order valence-corrected chi connectivity index (χ4v) is 4.32. The van der Waals surface area contributed by atoms with Crippen molar-refractivity contribution in [3.63, 3.8) is 0 Å². The van der Waals surface area contributed by atoms with Gasteiger partial charge < -0.3 is 26.0 Å². The third kappa shape index (κ3) is 10.4. The zero-order valence-electron chi connectivity index (χ0n) is 23.8. The van der Waals surface area contributed by atoms with Crippen LogP contribution in [0.15, 0.2) is 18.2 Å². The molecule has 1 aromatic carbocycles. The highest BCUT2D eigenvalue weighted by molar-refractivity contribution is 5.93. The van der Waals surface area contributed by atoms with Gasteiger partial charge in [-0.15, -0.1) is 0 Å². The van der Waals surface area contributed by atoms with Crippen LogP contribution in [0.2, 0.25) is 0 Å². The molecule has 0 saturated heterocycles. The van der Waals surface area contributed by atoms with Crippen molar-refractivity contribution in [2.45, 2.75) is 111 Å². The van der Waals surface area contributed by atoms with Gasteiger partial charge >= 0.3 is 6.09 Å². The predicted octanol–water partition coefficient (Wildman–Crippen LogP) is 4.05. The van der Waals surface area contributed by atoms with Crippen LogP contribution in [0.1, 0.15) is 96.4 Å². The highest BCUT2D eigenvalue weighted by atomic mass is 16.6. The summed E-state index contributed by atoms with van der Waals surface area (Å²) in [5.74, 6) is -1.35. The summed E-state index contributed by atoms with van der Waals surface area (Å²) in [4.78, 5) is 53.5. The number of primary amides is 1. The van der Waals surface area contributed by atoms with Gasteiger partial charge in [-0.2, -0.15) is 0 Å². The summed E-state index contributed by atoms with van der Waals surface area (Å²) in [6.07, 6.45) is 1.38. The summed E-state index contributed by atoms with van der Waals surface area (Å²) in [7, 11) is 0. The van der Waals surface area contributed by atoms with Gasteiger partial charge in [-0.25, -0.2) is 4.79 Å². The number of carbonyl (C=O) groups excluding carboxylic acids is 4. The van der Waals surface area contributed by atoms with Gasteiger partial charge in [-0.3, -0.25) is 14.4 Å². The molecule has 0 radical (unpaired) electrons. The largest absolute Gasteiger partial charge is 0.444 e. The molecule has 0 aromatic heterocycles. The van der Waals surface area contributed by atoms with Crippen molar-refractivity contribution in [1.82, 2.24) is 15.5 Å². The van der Waals surface area contributed by atoms with Crippen molar-refractivity contribution in [3.8, 4) is 0 Å². The lowest BCUT2D eigenvalue weighted by Gasteiger charge is -2.36. The summed E-state index contributed by atoms with van der Waals surface area (Å²) >= 11 is 0. The molecule has 1 aromatic rings. The smallest absolute Gasteiger partial charge is 0.408 e. The van der Waals surface area contributed by atoms with Gasteiger partial charge in [0.15, 0.2) is 0 Å². The van der Waals surface area contributed by atoms with Crippen LogP contribution in [-0.4, -0.2) is 52.9 Å². The number of amides is 4. The number of rotatable bonds is 13. The van der Waals surface area contributed by atoms with Crippen LogP contribution in [-0.2, 0) is 19.1 Å². The molecule has 4 N–H and O–H groups in total. The lowest BCUT2D eigenvalue weighted by Crippen LogP contribution is -2.54. The van der Waals surface area contributed by atoms with Gasteiger partial charge in [0.2, 0.25) is 17.7 Å². The summed E-state index contributed by atoms with van der Waals surface area (Å²) < 4.78 is 5.36. The summed E-state index contributed by atoms with van der Waals surface area (Å²) in [6.45, 7) is 15.2. The monoisotopic (exact) mass is 518 g/mol. The molecule has 3 unspecified atom stereocenters. The maximum atomic E-state index is 14.0. The van der Waals surface area contributed by atoms with E-state index in [0.29, 0.717) is 6.42 Å². The topological polar surface area (TPSA) is 131 Å². The van der Waals surface area contributed by atoms with E-state index in [-0.39, 0.29) is 31.3 Å². The number of hydrogen-bond acceptors (Lipinski definition) is 5. The normalized spacial score (nSPS) is 13.7. The van der Waals surface area contributed by atoms with Gasteiger partial charge in [-0.1, -0.05) is 38.5 Å². The van der Waals surface area contributed by atoms with E-state index in [0.717, 1.165) is 29.5 Å². The molecule has 0 bridgehead atoms. The zero-order valence-corrected chi connectivity index (χ0v) is 23.8. The van der Waals surface area contributed by atoms with E-state index in [1.165, 1.54) is 4.90 Å². The van der Waals surface area contributed by atoms with E-state index in [1.807, 2.05) is 52.8 Å². The molecular weight excluding hydrogens is 472 g/mol. The predicted molar refractivity (Wildman–Crippen MR) is 145 cm³/mol. The summed E-state index contributed by atoms with van der Waals surface area (Å²) in [5.41, 5.74) is 7.09. The van der Waals surface area contributed by atoms with Crippen molar-refractivity contribution in [1.29, 1.82) is 0 Å². The molecule has 0 fully saturated rings. The van der Waals surface area contributed by atoms with Gasteiger partial charge in [0, 0.05) is 19.0 Å². The average Bonchev–Trinajstić information content (AvgIpc) is 2.76.